The van der Waals surface area contributed by atoms with Gasteiger partial charge in [0, 0.05) is 5.56 Å². The maximum atomic E-state index is 4.16. The Kier molecular flexibility index (Phi) is 3.30. The first-order valence-corrected chi connectivity index (χ1v) is 5.74. The van der Waals surface area contributed by atoms with Crippen LogP contribution in [0, 0.1) is 0 Å². The Hall–Kier alpha value is -1.08. The average Bonchev–Trinajstić information content (AvgIpc) is 2.14. The minimum absolute atomic E-state index is 0.219. The van der Waals surface area contributed by atoms with E-state index in [0.29, 0.717) is 0 Å². The van der Waals surface area contributed by atoms with Crippen LogP contribution in [0.25, 0.3) is 5.70 Å². The van der Waals surface area contributed by atoms with Gasteiger partial charge >= 0.3 is 0 Å². The quantitative estimate of drug-likeness (QED) is 0.665. The largest absolute Gasteiger partial charge is 0.298 e. The van der Waals surface area contributed by atoms with Crippen LogP contribution < -0.4 is 0 Å². The van der Waals surface area contributed by atoms with Crippen molar-refractivity contribution in [3.63, 3.8) is 0 Å². The summed E-state index contributed by atoms with van der Waals surface area (Å²) >= 11 is 0. The molecule has 0 amide bonds. The Morgan fingerprint density at radius 2 is 1.44 bits per heavy atom. The summed E-state index contributed by atoms with van der Waals surface area (Å²) in [5.41, 5.74) is 3.95. The summed E-state index contributed by atoms with van der Waals surface area (Å²) < 4.78 is 0.773. The Bertz CT molecular complexity index is 371. The Morgan fingerprint density at radius 1 is 1.00 bits per heavy atom. The molecule has 1 rings (SSSR count). The summed E-state index contributed by atoms with van der Waals surface area (Å²) in [7, 11) is 6.42. The molecule has 0 saturated heterocycles. The molecular weight excluding hydrogens is 194 g/mol. The standard InChI is InChI=1S/C15H24N/c1-12(16(5,6)7)13-8-10-14(11-9-13)15(2,3)4/h8-11H,1H2,2-7H3/q+1. The monoisotopic (exact) mass is 218 g/mol. The van der Waals surface area contributed by atoms with Crippen LogP contribution in [-0.4, -0.2) is 25.6 Å². The zero-order valence-electron chi connectivity index (χ0n) is 11.5. The second-order valence-electron chi connectivity index (χ2n) is 6.29. The number of hydrogen-bond acceptors (Lipinski definition) is 0. The maximum absolute atomic E-state index is 4.16. The Balaban J connectivity index is 3.01. The highest BCUT2D eigenvalue weighted by Gasteiger charge is 2.17. The maximum Gasteiger partial charge on any atom is 0.132 e. The molecule has 0 heterocycles. The lowest BCUT2D eigenvalue weighted by atomic mass is 9.86. The van der Waals surface area contributed by atoms with Crippen LogP contribution >= 0.6 is 0 Å². The van der Waals surface area contributed by atoms with Crippen LogP contribution in [0.5, 0.6) is 0 Å². The van der Waals surface area contributed by atoms with Crippen LogP contribution in [-0.2, 0) is 5.41 Å². The first kappa shape index (κ1) is 13.0. The molecule has 1 aromatic carbocycles. The molecule has 0 aliphatic rings. The van der Waals surface area contributed by atoms with Gasteiger partial charge in [-0.05, 0) is 29.7 Å². The van der Waals surface area contributed by atoms with Gasteiger partial charge < -0.3 is 0 Å². The van der Waals surface area contributed by atoms with Crippen molar-refractivity contribution in [2.24, 2.45) is 0 Å². The number of rotatable bonds is 2. The second kappa shape index (κ2) is 4.06. The number of benzene rings is 1. The summed E-state index contributed by atoms with van der Waals surface area (Å²) in [6.07, 6.45) is 0. The average molecular weight is 218 g/mol. The number of nitrogens with zero attached hydrogens (tertiary/aromatic N) is 1. The topological polar surface area (TPSA) is 0 Å². The lowest BCUT2D eigenvalue weighted by Gasteiger charge is -2.26. The van der Waals surface area contributed by atoms with Gasteiger partial charge in [0.15, 0.2) is 0 Å². The van der Waals surface area contributed by atoms with Crippen molar-refractivity contribution in [3.05, 3.63) is 42.0 Å². The van der Waals surface area contributed by atoms with Crippen molar-refractivity contribution in [1.82, 2.24) is 0 Å². The lowest BCUT2D eigenvalue weighted by molar-refractivity contribution is -0.795. The van der Waals surface area contributed by atoms with Gasteiger partial charge in [-0.15, -0.1) is 0 Å². The number of quaternary nitrogens is 1. The van der Waals surface area contributed by atoms with Crippen molar-refractivity contribution in [2.75, 3.05) is 21.1 Å². The smallest absolute Gasteiger partial charge is 0.132 e. The van der Waals surface area contributed by atoms with Crippen LogP contribution in [0.2, 0.25) is 0 Å². The van der Waals surface area contributed by atoms with E-state index in [1.807, 2.05) is 0 Å². The lowest BCUT2D eigenvalue weighted by Crippen LogP contribution is -2.31. The fraction of sp³-hybridized carbons (Fsp3) is 0.467. The molecule has 0 aromatic heterocycles. The predicted octanol–water partition coefficient (Wildman–Crippen LogP) is 3.66. The van der Waals surface area contributed by atoms with Crippen LogP contribution in [0.3, 0.4) is 0 Å². The van der Waals surface area contributed by atoms with E-state index in [1.165, 1.54) is 11.1 Å². The first-order chi connectivity index (χ1) is 7.12. The normalized spacial score (nSPS) is 12.6. The molecule has 0 saturated carbocycles. The molecule has 0 aliphatic carbocycles. The van der Waals surface area contributed by atoms with Gasteiger partial charge in [-0.1, -0.05) is 32.9 Å². The van der Waals surface area contributed by atoms with Crippen LogP contribution in [0.1, 0.15) is 31.9 Å². The van der Waals surface area contributed by atoms with E-state index < -0.39 is 0 Å². The third-order valence-electron chi connectivity index (χ3n) is 2.89. The molecule has 0 bridgehead atoms. The van der Waals surface area contributed by atoms with Crippen LogP contribution in [0.15, 0.2) is 30.8 Å². The Labute approximate surface area is 100.0 Å². The molecule has 0 unspecified atom stereocenters. The zero-order valence-corrected chi connectivity index (χ0v) is 11.5. The molecule has 88 valence electrons. The van der Waals surface area contributed by atoms with E-state index in [9.17, 15) is 0 Å². The van der Waals surface area contributed by atoms with E-state index in [2.05, 4.69) is 72.8 Å². The molecule has 0 aliphatic heterocycles. The zero-order chi connectivity index (χ0) is 12.6. The van der Waals surface area contributed by atoms with E-state index in [4.69, 9.17) is 0 Å². The molecular formula is C15H24N+. The van der Waals surface area contributed by atoms with E-state index in [-0.39, 0.29) is 5.41 Å². The van der Waals surface area contributed by atoms with Crippen LogP contribution in [0.4, 0.5) is 0 Å². The summed E-state index contributed by atoms with van der Waals surface area (Å²) in [5.74, 6) is 0. The van der Waals surface area contributed by atoms with Gasteiger partial charge in [0.25, 0.3) is 0 Å². The third kappa shape index (κ3) is 2.96. The first-order valence-electron chi connectivity index (χ1n) is 5.74. The van der Waals surface area contributed by atoms with Crippen molar-refractivity contribution < 1.29 is 4.48 Å². The fourth-order valence-corrected chi connectivity index (χ4v) is 1.55. The highest BCUT2D eigenvalue weighted by atomic mass is 15.3. The summed E-state index contributed by atoms with van der Waals surface area (Å²) in [6, 6.07) is 8.76. The minimum Gasteiger partial charge on any atom is -0.298 e. The van der Waals surface area contributed by atoms with Crippen molar-refractivity contribution in [3.8, 4) is 0 Å². The molecule has 0 N–H and O–H groups in total. The fourth-order valence-electron chi connectivity index (χ4n) is 1.55. The van der Waals surface area contributed by atoms with Crippen molar-refractivity contribution in [1.29, 1.82) is 0 Å². The van der Waals surface area contributed by atoms with E-state index in [0.717, 1.165) is 10.2 Å². The van der Waals surface area contributed by atoms with Gasteiger partial charge in [0.2, 0.25) is 0 Å². The highest BCUT2D eigenvalue weighted by molar-refractivity contribution is 5.57. The molecule has 1 nitrogen and oxygen atoms in total. The predicted molar refractivity (Wildman–Crippen MR) is 72.2 cm³/mol. The van der Waals surface area contributed by atoms with Gasteiger partial charge in [-0.25, -0.2) is 0 Å². The van der Waals surface area contributed by atoms with Crippen molar-refractivity contribution in [2.45, 2.75) is 26.2 Å². The molecule has 0 fully saturated rings. The van der Waals surface area contributed by atoms with Gasteiger partial charge in [-0.2, -0.15) is 0 Å². The number of hydrogen-bond donors (Lipinski definition) is 0. The molecule has 1 aromatic rings. The molecule has 1 heteroatoms. The molecule has 0 spiro atoms. The van der Waals surface area contributed by atoms with Crippen molar-refractivity contribution >= 4 is 5.70 Å². The van der Waals surface area contributed by atoms with E-state index >= 15 is 0 Å². The van der Waals surface area contributed by atoms with Gasteiger partial charge in [0.1, 0.15) is 5.70 Å². The highest BCUT2D eigenvalue weighted by Crippen LogP contribution is 2.25. The van der Waals surface area contributed by atoms with Gasteiger partial charge in [-0.3, -0.25) is 4.48 Å². The third-order valence-corrected chi connectivity index (χ3v) is 2.89. The van der Waals surface area contributed by atoms with E-state index in [1.54, 1.807) is 0 Å². The Morgan fingerprint density at radius 3 is 1.75 bits per heavy atom. The summed E-state index contributed by atoms with van der Waals surface area (Å²) in [4.78, 5) is 0. The van der Waals surface area contributed by atoms with Gasteiger partial charge in [0.05, 0.1) is 21.1 Å². The summed E-state index contributed by atoms with van der Waals surface area (Å²) in [6.45, 7) is 10.9. The molecule has 0 radical (unpaired) electrons. The summed E-state index contributed by atoms with van der Waals surface area (Å²) in [5, 5.41) is 0. The minimum atomic E-state index is 0.219. The molecule has 0 atom stereocenters. The second-order valence-corrected chi connectivity index (χ2v) is 6.29. The SMILES string of the molecule is C=C(c1ccc(C(C)(C)C)cc1)[N+](C)(C)C. The molecule has 16 heavy (non-hydrogen) atoms.